The molecule has 0 radical (unpaired) electrons. The maximum Gasteiger partial charge on any atom is 0.268 e. The van der Waals surface area contributed by atoms with E-state index in [0.717, 1.165) is 9.54 Å². The van der Waals surface area contributed by atoms with Crippen LogP contribution in [0.25, 0.3) is 0 Å². The lowest BCUT2D eigenvalue weighted by Crippen LogP contribution is -2.29. The number of ketones is 2. The molecule has 0 spiro atoms. The van der Waals surface area contributed by atoms with E-state index in [1.165, 1.54) is 30.5 Å². The standard InChI is InChI=1S/C17H16N2O4S/c1-3-18-14-10-15(20)13-8-9-19(16(13)17(14)21)24(22,23)12-6-4-11(2)5-7-12/h4-10,18H,3H2,1-2H3. The molecule has 24 heavy (non-hydrogen) atoms. The second-order valence-electron chi connectivity index (χ2n) is 5.47. The minimum Gasteiger partial charge on any atom is -0.382 e. The summed E-state index contributed by atoms with van der Waals surface area (Å²) < 4.78 is 26.6. The molecule has 1 aromatic carbocycles. The molecule has 0 amide bonds. The average molecular weight is 344 g/mol. The van der Waals surface area contributed by atoms with Gasteiger partial charge in [-0.05, 0) is 32.0 Å². The summed E-state index contributed by atoms with van der Waals surface area (Å²) in [6.45, 7) is 4.09. The van der Waals surface area contributed by atoms with Gasteiger partial charge in [0.1, 0.15) is 5.69 Å². The van der Waals surface area contributed by atoms with Crippen LogP contribution in [-0.2, 0) is 10.0 Å². The van der Waals surface area contributed by atoms with Crippen molar-refractivity contribution in [2.75, 3.05) is 6.54 Å². The number of carbonyl (C=O) groups is 2. The van der Waals surface area contributed by atoms with Crippen LogP contribution in [-0.4, -0.2) is 30.5 Å². The SMILES string of the molecule is CCNC1=CC(=O)c2ccn(S(=O)(=O)c3ccc(C)cc3)c2C1=O. The van der Waals surface area contributed by atoms with Crippen LogP contribution in [0, 0.1) is 6.92 Å². The Labute approximate surface area is 139 Å². The first-order valence-electron chi connectivity index (χ1n) is 7.44. The third-order valence-electron chi connectivity index (χ3n) is 3.80. The van der Waals surface area contributed by atoms with Crippen molar-refractivity contribution in [3.63, 3.8) is 0 Å². The Morgan fingerprint density at radius 1 is 1.08 bits per heavy atom. The van der Waals surface area contributed by atoms with E-state index < -0.39 is 21.6 Å². The van der Waals surface area contributed by atoms with Gasteiger partial charge < -0.3 is 5.32 Å². The molecule has 0 saturated carbocycles. The summed E-state index contributed by atoms with van der Waals surface area (Å²) in [4.78, 5) is 24.8. The maximum absolute atomic E-state index is 12.9. The van der Waals surface area contributed by atoms with Crippen molar-refractivity contribution < 1.29 is 18.0 Å². The predicted molar refractivity (Wildman–Crippen MR) is 88.6 cm³/mol. The third-order valence-corrected chi connectivity index (χ3v) is 5.49. The fourth-order valence-corrected chi connectivity index (χ4v) is 3.93. The number of benzene rings is 1. The van der Waals surface area contributed by atoms with Crippen LogP contribution < -0.4 is 5.32 Å². The fraction of sp³-hybridized carbons (Fsp3) is 0.176. The van der Waals surface area contributed by atoms with Gasteiger partial charge in [0.25, 0.3) is 10.0 Å². The van der Waals surface area contributed by atoms with Gasteiger partial charge in [-0.15, -0.1) is 0 Å². The number of aryl methyl sites for hydroxylation is 1. The van der Waals surface area contributed by atoms with Crippen LogP contribution in [0.1, 0.15) is 33.3 Å². The number of allylic oxidation sites excluding steroid dienone is 2. The number of rotatable bonds is 4. The van der Waals surface area contributed by atoms with E-state index in [9.17, 15) is 18.0 Å². The molecular formula is C17H16N2O4S. The average Bonchev–Trinajstić information content (AvgIpc) is 2.99. The van der Waals surface area contributed by atoms with Gasteiger partial charge in [0.05, 0.1) is 16.2 Å². The van der Waals surface area contributed by atoms with E-state index in [2.05, 4.69) is 5.32 Å². The Hall–Kier alpha value is -2.67. The van der Waals surface area contributed by atoms with Crippen LogP contribution in [0.3, 0.4) is 0 Å². The van der Waals surface area contributed by atoms with Crippen molar-refractivity contribution in [3.8, 4) is 0 Å². The van der Waals surface area contributed by atoms with Crippen molar-refractivity contribution in [2.45, 2.75) is 18.7 Å². The lowest BCUT2D eigenvalue weighted by molar-refractivity contribution is 0.0975. The summed E-state index contributed by atoms with van der Waals surface area (Å²) in [5, 5.41) is 2.80. The quantitative estimate of drug-likeness (QED) is 0.916. The van der Waals surface area contributed by atoms with Crippen LogP contribution >= 0.6 is 0 Å². The second-order valence-corrected chi connectivity index (χ2v) is 7.29. The van der Waals surface area contributed by atoms with Gasteiger partial charge in [0.2, 0.25) is 5.78 Å². The van der Waals surface area contributed by atoms with Gasteiger partial charge in [-0.2, -0.15) is 0 Å². The summed E-state index contributed by atoms with van der Waals surface area (Å²) in [5.41, 5.74) is 0.998. The monoisotopic (exact) mass is 344 g/mol. The maximum atomic E-state index is 12.9. The molecule has 7 heteroatoms. The summed E-state index contributed by atoms with van der Waals surface area (Å²) in [6, 6.07) is 7.68. The number of fused-ring (bicyclic) bond motifs is 1. The molecule has 2 aromatic rings. The Bertz CT molecular complexity index is 967. The zero-order valence-electron chi connectivity index (χ0n) is 13.2. The molecule has 0 saturated heterocycles. The molecule has 0 fully saturated rings. The first-order chi connectivity index (χ1) is 11.4. The van der Waals surface area contributed by atoms with E-state index in [-0.39, 0.29) is 21.8 Å². The first kappa shape index (κ1) is 16.2. The molecule has 124 valence electrons. The van der Waals surface area contributed by atoms with E-state index >= 15 is 0 Å². The largest absolute Gasteiger partial charge is 0.382 e. The normalized spacial score (nSPS) is 14.3. The fourth-order valence-electron chi connectivity index (χ4n) is 2.58. The van der Waals surface area contributed by atoms with Crippen LogP contribution in [0.15, 0.2) is 53.2 Å². The minimum atomic E-state index is -3.96. The van der Waals surface area contributed by atoms with Crippen LogP contribution in [0.4, 0.5) is 0 Å². The topological polar surface area (TPSA) is 85.2 Å². The van der Waals surface area contributed by atoms with Crippen molar-refractivity contribution in [3.05, 3.63) is 65.1 Å². The molecule has 0 aliphatic heterocycles. The highest BCUT2D eigenvalue weighted by Crippen LogP contribution is 2.25. The summed E-state index contributed by atoms with van der Waals surface area (Å²) in [6.07, 6.45) is 2.45. The number of Topliss-reactive ketones (excluding diaryl/α,β-unsaturated/α-hetero) is 1. The summed E-state index contributed by atoms with van der Waals surface area (Å²) >= 11 is 0. The Morgan fingerprint density at radius 3 is 2.38 bits per heavy atom. The first-order valence-corrected chi connectivity index (χ1v) is 8.88. The van der Waals surface area contributed by atoms with Gasteiger partial charge in [0, 0.05) is 18.8 Å². The van der Waals surface area contributed by atoms with Gasteiger partial charge >= 0.3 is 0 Å². The number of nitrogens with zero attached hydrogens (tertiary/aromatic N) is 1. The van der Waals surface area contributed by atoms with Gasteiger partial charge in [-0.3, -0.25) is 9.59 Å². The molecule has 0 unspecified atom stereocenters. The lowest BCUT2D eigenvalue weighted by atomic mass is 10.00. The smallest absolute Gasteiger partial charge is 0.268 e. The number of hydrogen-bond acceptors (Lipinski definition) is 5. The number of likely N-dealkylation sites (N-methyl/N-ethyl adjacent to an activating group) is 1. The third kappa shape index (κ3) is 2.46. The number of carbonyl (C=O) groups excluding carboxylic acids is 2. The molecule has 1 N–H and O–H groups in total. The molecule has 1 heterocycles. The second kappa shape index (κ2) is 5.76. The van der Waals surface area contributed by atoms with Crippen molar-refractivity contribution in [1.29, 1.82) is 0 Å². The zero-order valence-corrected chi connectivity index (χ0v) is 14.1. The van der Waals surface area contributed by atoms with Crippen LogP contribution in [0.5, 0.6) is 0 Å². The Morgan fingerprint density at radius 2 is 1.75 bits per heavy atom. The van der Waals surface area contributed by atoms with E-state index in [1.54, 1.807) is 19.1 Å². The van der Waals surface area contributed by atoms with Gasteiger partial charge in [-0.1, -0.05) is 17.7 Å². The van der Waals surface area contributed by atoms with Crippen molar-refractivity contribution >= 4 is 21.6 Å². The molecule has 0 atom stereocenters. The van der Waals surface area contributed by atoms with E-state index in [1.807, 2.05) is 6.92 Å². The highest BCUT2D eigenvalue weighted by atomic mass is 32.2. The molecule has 3 rings (SSSR count). The number of hydrogen-bond donors (Lipinski definition) is 1. The van der Waals surface area contributed by atoms with Crippen LogP contribution in [0.2, 0.25) is 0 Å². The highest BCUT2D eigenvalue weighted by Gasteiger charge is 2.33. The summed E-state index contributed by atoms with van der Waals surface area (Å²) in [7, 11) is -3.96. The zero-order chi connectivity index (χ0) is 17.5. The predicted octanol–water partition coefficient (Wildman–Crippen LogP) is 1.91. The van der Waals surface area contributed by atoms with E-state index in [4.69, 9.17) is 0 Å². The Balaban J connectivity index is 2.15. The molecule has 1 aliphatic carbocycles. The highest BCUT2D eigenvalue weighted by molar-refractivity contribution is 7.90. The van der Waals surface area contributed by atoms with Crippen molar-refractivity contribution in [1.82, 2.24) is 9.29 Å². The lowest BCUT2D eigenvalue weighted by Gasteiger charge is -2.16. The number of nitrogens with one attached hydrogen (secondary N) is 1. The molecule has 1 aliphatic rings. The molecule has 6 nitrogen and oxygen atoms in total. The minimum absolute atomic E-state index is 0.0614. The Kier molecular flexibility index (Phi) is 3.88. The molecule has 0 bridgehead atoms. The van der Waals surface area contributed by atoms with E-state index in [0.29, 0.717) is 6.54 Å². The summed E-state index contributed by atoms with van der Waals surface area (Å²) in [5.74, 6) is -0.898. The molecule has 1 aromatic heterocycles. The van der Waals surface area contributed by atoms with Gasteiger partial charge in [0.15, 0.2) is 5.78 Å². The molecular weight excluding hydrogens is 328 g/mol. The number of aromatic nitrogens is 1. The van der Waals surface area contributed by atoms with Gasteiger partial charge in [-0.25, -0.2) is 12.4 Å². The van der Waals surface area contributed by atoms with Crippen molar-refractivity contribution in [2.24, 2.45) is 0 Å².